The summed E-state index contributed by atoms with van der Waals surface area (Å²) in [5, 5.41) is 6.58. The van der Waals surface area contributed by atoms with Crippen LogP contribution < -0.4 is 5.43 Å². The van der Waals surface area contributed by atoms with Gasteiger partial charge in [0.05, 0.1) is 6.20 Å². The van der Waals surface area contributed by atoms with Crippen molar-refractivity contribution in [2.24, 2.45) is 0 Å². The van der Waals surface area contributed by atoms with Gasteiger partial charge in [-0.15, -0.1) is 0 Å². The fourth-order valence-electron chi connectivity index (χ4n) is 0.966. The number of nitrogens with zero attached hydrogens (tertiary/aromatic N) is 2. The molecule has 1 N–H and O–H groups in total. The van der Waals surface area contributed by atoms with Gasteiger partial charge >= 0.3 is 0 Å². The first kappa shape index (κ1) is 6.84. The molecule has 0 aliphatic heterocycles. The second-order valence-corrected chi connectivity index (χ2v) is 2.38. The number of aromatic amines is 1. The number of hydrogen-bond acceptors (Lipinski definition) is 2. The molecule has 0 aromatic carbocycles. The summed E-state index contributed by atoms with van der Waals surface area (Å²) in [6, 6.07) is 4.83. The van der Waals surface area contributed by atoms with Crippen molar-refractivity contribution in [3.05, 3.63) is 47.0 Å². The number of nitrogens with one attached hydrogen (secondary N) is 1. The molecule has 2 heterocycles. The van der Waals surface area contributed by atoms with Crippen molar-refractivity contribution in [2.75, 3.05) is 0 Å². The molecule has 0 saturated carbocycles. The number of H-pyrrole nitrogens is 1. The van der Waals surface area contributed by atoms with Crippen molar-refractivity contribution in [1.82, 2.24) is 14.8 Å². The number of rotatable bonds is 1. The molecule has 0 saturated heterocycles. The van der Waals surface area contributed by atoms with Gasteiger partial charge in [0.2, 0.25) is 0 Å². The van der Waals surface area contributed by atoms with Crippen molar-refractivity contribution in [1.29, 1.82) is 0 Å². The van der Waals surface area contributed by atoms with E-state index in [9.17, 15) is 4.79 Å². The third-order valence-corrected chi connectivity index (χ3v) is 1.56. The Morgan fingerprint density at radius 2 is 2.00 bits per heavy atom. The molecule has 0 radical (unpaired) electrons. The average molecular weight is 161 g/mol. The molecule has 0 amide bonds. The van der Waals surface area contributed by atoms with Gasteiger partial charge in [-0.25, -0.2) is 0 Å². The molecule has 0 aliphatic carbocycles. The van der Waals surface area contributed by atoms with Crippen LogP contribution in [0.1, 0.15) is 0 Å². The molecule has 0 fully saturated rings. The second kappa shape index (κ2) is 2.65. The van der Waals surface area contributed by atoms with Gasteiger partial charge in [0, 0.05) is 30.6 Å². The van der Waals surface area contributed by atoms with Crippen molar-refractivity contribution >= 4 is 0 Å². The van der Waals surface area contributed by atoms with E-state index in [4.69, 9.17) is 0 Å². The van der Waals surface area contributed by atoms with Crippen LogP contribution in [-0.2, 0) is 0 Å². The zero-order valence-electron chi connectivity index (χ0n) is 6.27. The maximum Gasteiger partial charge on any atom is 0.181 e. The van der Waals surface area contributed by atoms with Crippen LogP contribution in [0.15, 0.2) is 41.6 Å². The number of aromatic nitrogens is 3. The van der Waals surface area contributed by atoms with E-state index in [2.05, 4.69) is 10.2 Å². The zero-order chi connectivity index (χ0) is 8.39. The van der Waals surface area contributed by atoms with Crippen LogP contribution in [0.4, 0.5) is 0 Å². The van der Waals surface area contributed by atoms with Gasteiger partial charge in [0.15, 0.2) is 5.43 Å². The third-order valence-electron chi connectivity index (χ3n) is 1.56. The molecule has 0 aliphatic rings. The summed E-state index contributed by atoms with van der Waals surface area (Å²) >= 11 is 0. The van der Waals surface area contributed by atoms with Crippen LogP contribution in [0.5, 0.6) is 0 Å². The van der Waals surface area contributed by atoms with Gasteiger partial charge in [-0.1, -0.05) is 0 Å². The van der Waals surface area contributed by atoms with Gasteiger partial charge in [0.1, 0.15) is 5.82 Å². The van der Waals surface area contributed by atoms with Crippen molar-refractivity contribution < 1.29 is 0 Å². The third kappa shape index (κ3) is 1.14. The lowest BCUT2D eigenvalue weighted by molar-refractivity contribution is 0.946. The minimum Gasteiger partial charge on any atom is -0.309 e. The summed E-state index contributed by atoms with van der Waals surface area (Å²) in [7, 11) is 0. The van der Waals surface area contributed by atoms with Crippen LogP contribution >= 0.6 is 0 Å². The fourth-order valence-corrected chi connectivity index (χ4v) is 0.966. The fraction of sp³-hybridized carbons (Fsp3) is 0. The maximum absolute atomic E-state index is 10.8. The molecule has 4 heteroatoms. The van der Waals surface area contributed by atoms with Gasteiger partial charge in [-0.05, 0) is 0 Å². The SMILES string of the molecule is O=c1ccn(-c2ccn[nH]2)cc1. The molecule has 4 nitrogen and oxygen atoms in total. The van der Waals surface area contributed by atoms with Crippen LogP contribution in [0.25, 0.3) is 5.82 Å². The lowest BCUT2D eigenvalue weighted by Gasteiger charge is -1.99. The highest BCUT2D eigenvalue weighted by Crippen LogP contribution is 1.98. The first-order valence-corrected chi connectivity index (χ1v) is 3.54. The topological polar surface area (TPSA) is 50.7 Å². The Hall–Kier alpha value is -1.84. The highest BCUT2D eigenvalue weighted by atomic mass is 16.1. The van der Waals surface area contributed by atoms with Gasteiger partial charge in [-0.2, -0.15) is 5.10 Å². The summed E-state index contributed by atoms with van der Waals surface area (Å²) in [5.41, 5.74) is 0.00534. The molecule has 2 aromatic heterocycles. The second-order valence-electron chi connectivity index (χ2n) is 2.38. The van der Waals surface area contributed by atoms with Crippen LogP contribution in [0, 0.1) is 0 Å². The highest BCUT2D eigenvalue weighted by Gasteiger charge is 1.92. The molecule has 60 valence electrons. The molecule has 2 aromatic rings. The first-order chi connectivity index (χ1) is 5.86. The van der Waals surface area contributed by atoms with Crippen LogP contribution in [-0.4, -0.2) is 14.8 Å². The smallest absolute Gasteiger partial charge is 0.181 e. The van der Waals surface area contributed by atoms with Crippen molar-refractivity contribution in [3.8, 4) is 5.82 Å². The lowest BCUT2D eigenvalue weighted by Crippen LogP contribution is -2.01. The summed E-state index contributed by atoms with van der Waals surface area (Å²) < 4.78 is 1.79. The Labute approximate surface area is 68.5 Å². The molecule has 0 spiro atoms. The summed E-state index contributed by atoms with van der Waals surface area (Å²) in [5.74, 6) is 0.843. The summed E-state index contributed by atoms with van der Waals surface area (Å²) in [4.78, 5) is 10.8. The highest BCUT2D eigenvalue weighted by molar-refractivity contribution is 5.19. The molecule has 0 unspecified atom stereocenters. The summed E-state index contributed by atoms with van der Waals surface area (Å²) in [6.07, 6.45) is 5.04. The molecule has 0 bridgehead atoms. The molecule has 2 rings (SSSR count). The normalized spacial score (nSPS) is 10.0. The monoisotopic (exact) mass is 161 g/mol. The standard InChI is InChI=1S/C8H7N3O/c12-7-2-5-11(6-3-7)8-1-4-9-10-8/h1-6H,(H,9,10). The number of pyridine rings is 1. The first-order valence-electron chi connectivity index (χ1n) is 3.54. The summed E-state index contributed by atoms with van der Waals surface area (Å²) in [6.45, 7) is 0. The van der Waals surface area contributed by atoms with E-state index in [0.717, 1.165) is 5.82 Å². The minimum absolute atomic E-state index is 0.00534. The Morgan fingerprint density at radius 1 is 1.25 bits per heavy atom. The molecule has 12 heavy (non-hydrogen) atoms. The van der Waals surface area contributed by atoms with E-state index < -0.39 is 0 Å². The lowest BCUT2D eigenvalue weighted by atomic mass is 10.4. The Morgan fingerprint density at radius 3 is 2.58 bits per heavy atom. The van der Waals surface area contributed by atoms with E-state index in [1.54, 1.807) is 23.2 Å². The van der Waals surface area contributed by atoms with E-state index >= 15 is 0 Å². The predicted molar refractivity (Wildman–Crippen MR) is 44.2 cm³/mol. The van der Waals surface area contributed by atoms with Gasteiger partial charge in [0.25, 0.3) is 0 Å². The predicted octanol–water partition coefficient (Wildman–Crippen LogP) is 0.561. The quantitative estimate of drug-likeness (QED) is 0.664. The zero-order valence-corrected chi connectivity index (χ0v) is 6.27. The molecular formula is C8H7N3O. The van der Waals surface area contributed by atoms with Crippen LogP contribution in [0.3, 0.4) is 0 Å². The molecular weight excluding hydrogens is 154 g/mol. The number of hydrogen-bond donors (Lipinski definition) is 1. The van der Waals surface area contributed by atoms with E-state index in [0.29, 0.717) is 0 Å². The Balaban J connectivity index is 2.49. The van der Waals surface area contributed by atoms with Gasteiger partial charge < -0.3 is 4.57 Å². The maximum atomic E-state index is 10.8. The van der Waals surface area contributed by atoms with Crippen molar-refractivity contribution in [3.63, 3.8) is 0 Å². The van der Waals surface area contributed by atoms with E-state index in [-0.39, 0.29) is 5.43 Å². The van der Waals surface area contributed by atoms with E-state index in [1.807, 2.05) is 6.07 Å². The van der Waals surface area contributed by atoms with Crippen LogP contribution in [0.2, 0.25) is 0 Å². The van der Waals surface area contributed by atoms with E-state index in [1.165, 1.54) is 12.1 Å². The average Bonchev–Trinajstić information content (AvgIpc) is 2.58. The Kier molecular flexibility index (Phi) is 1.51. The largest absolute Gasteiger partial charge is 0.309 e. The Bertz CT molecular complexity index is 396. The van der Waals surface area contributed by atoms with Gasteiger partial charge in [-0.3, -0.25) is 9.89 Å². The van der Waals surface area contributed by atoms with Crippen molar-refractivity contribution in [2.45, 2.75) is 0 Å². The molecule has 0 atom stereocenters. The minimum atomic E-state index is 0.00534.